The van der Waals surface area contributed by atoms with Gasteiger partial charge in [0.2, 0.25) is 0 Å². The van der Waals surface area contributed by atoms with E-state index in [1.54, 1.807) is 50.2 Å². The number of nitrogens with one attached hydrogen (secondary N) is 1. The van der Waals surface area contributed by atoms with Crippen molar-refractivity contribution < 1.29 is 19.1 Å². The van der Waals surface area contributed by atoms with Crippen LogP contribution in [0.4, 0.5) is 0 Å². The van der Waals surface area contributed by atoms with Crippen molar-refractivity contribution in [2.75, 3.05) is 0 Å². The number of carbonyl (C=O) groups excluding carboxylic acids is 1. The van der Waals surface area contributed by atoms with Crippen LogP contribution in [0.25, 0.3) is 0 Å². The first-order valence-electron chi connectivity index (χ1n) is 6.67. The summed E-state index contributed by atoms with van der Waals surface area (Å²) in [5.74, 6) is -1.51. The van der Waals surface area contributed by atoms with Gasteiger partial charge in [-0.1, -0.05) is 37.3 Å². The number of aliphatic carboxylic acids is 1. The monoisotopic (exact) mass is 287 g/mol. The molecule has 0 aliphatic heterocycles. The minimum atomic E-state index is -1.47. The smallest absolute Gasteiger partial charge is 0.334 e. The number of amides is 1. The van der Waals surface area contributed by atoms with Crippen molar-refractivity contribution in [3.8, 4) is 0 Å². The average Bonchev–Trinajstić information content (AvgIpc) is 2.91. The number of furan rings is 1. The fraction of sp³-hybridized carbons (Fsp3) is 0.250. The Balaban J connectivity index is 2.41. The molecule has 1 amide bonds. The molecule has 0 saturated carbocycles. The maximum atomic E-state index is 12.3. The molecule has 110 valence electrons. The quantitative estimate of drug-likeness (QED) is 0.886. The van der Waals surface area contributed by atoms with Crippen LogP contribution < -0.4 is 5.32 Å². The van der Waals surface area contributed by atoms with Gasteiger partial charge in [0.25, 0.3) is 5.91 Å². The molecule has 2 N–H and O–H groups in total. The molecule has 21 heavy (non-hydrogen) atoms. The molecule has 0 aliphatic rings. The molecule has 0 aliphatic carbocycles. The van der Waals surface area contributed by atoms with Gasteiger partial charge in [0.1, 0.15) is 0 Å². The predicted octanol–water partition coefficient (Wildman–Crippen LogP) is 2.71. The van der Waals surface area contributed by atoms with Crippen LogP contribution in [0.3, 0.4) is 0 Å². The van der Waals surface area contributed by atoms with Crippen LogP contribution in [0.15, 0.2) is 47.1 Å². The van der Waals surface area contributed by atoms with Crippen molar-refractivity contribution in [2.24, 2.45) is 0 Å². The van der Waals surface area contributed by atoms with E-state index >= 15 is 0 Å². The fourth-order valence-electron chi connectivity index (χ4n) is 2.27. The topological polar surface area (TPSA) is 79.5 Å². The molecule has 2 aromatic rings. The minimum Gasteiger partial charge on any atom is -0.479 e. The largest absolute Gasteiger partial charge is 0.479 e. The number of carboxylic acids is 1. The van der Waals surface area contributed by atoms with E-state index in [0.29, 0.717) is 11.1 Å². The zero-order valence-electron chi connectivity index (χ0n) is 11.9. The van der Waals surface area contributed by atoms with Crippen LogP contribution in [0, 0.1) is 6.92 Å². The summed E-state index contributed by atoms with van der Waals surface area (Å²) in [6, 6.07) is 10.3. The Bertz CT molecular complexity index is 647. The molecular formula is C16H17NO4. The number of benzene rings is 1. The molecule has 0 unspecified atom stereocenters. The molecular weight excluding hydrogens is 270 g/mol. The number of carboxylic acid groups (broad SMARTS) is 1. The number of carbonyl (C=O) groups is 2. The van der Waals surface area contributed by atoms with Gasteiger partial charge in [-0.2, -0.15) is 0 Å². The molecule has 0 spiro atoms. The summed E-state index contributed by atoms with van der Waals surface area (Å²) in [5, 5.41) is 12.3. The SMILES string of the molecule is CC[C@@](NC(=O)c1occc1C)(C(=O)O)c1ccccc1. The summed E-state index contributed by atoms with van der Waals surface area (Å²) >= 11 is 0. The van der Waals surface area contributed by atoms with Gasteiger partial charge in [0.15, 0.2) is 11.3 Å². The lowest BCUT2D eigenvalue weighted by molar-refractivity contribution is -0.145. The predicted molar refractivity (Wildman–Crippen MR) is 77.0 cm³/mol. The van der Waals surface area contributed by atoms with Gasteiger partial charge < -0.3 is 14.8 Å². The van der Waals surface area contributed by atoms with Gasteiger partial charge in [-0.3, -0.25) is 4.79 Å². The van der Waals surface area contributed by atoms with Gasteiger partial charge in [0.05, 0.1) is 6.26 Å². The highest BCUT2D eigenvalue weighted by atomic mass is 16.4. The van der Waals surface area contributed by atoms with Crippen molar-refractivity contribution in [3.05, 3.63) is 59.5 Å². The summed E-state index contributed by atoms with van der Waals surface area (Å²) < 4.78 is 5.13. The third-order valence-corrected chi connectivity index (χ3v) is 3.56. The van der Waals surface area contributed by atoms with Gasteiger partial charge >= 0.3 is 5.97 Å². The second-order valence-electron chi connectivity index (χ2n) is 4.82. The van der Waals surface area contributed by atoms with Crippen molar-refractivity contribution >= 4 is 11.9 Å². The molecule has 1 atom stereocenters. The van der Waals surface area contributed by atoms with Crippen LogP contribution >= 0.6 is 0 Å². The Labute approximate surface area is 122 Å². The normalized spacial score (nSPS) is 13.4. The highest BCUT2D eigenvalue weighted by Crippen LogP contribution is 2.26. The van der Waals surface area contributed by atoms with E-state index in [1.807, 2.05) is 0 Å². The zero-order chi connectivity index (χ0) is 15.5. The van der Waals surface area contributed by atoms with E-state index < -0.39 is 17.4 Å². The van der Waals surface area contributed by atoms with Crippen molar-refractivity contribution in [2.45, 2.75) is 25.8 Å². The molecule has 5 nitrogen and oxygen atoms in total. The van der Waals surface area contributed by atoms with Crippen LogP contribution in [0.1, 0.15) is 35.0 Å². The molecule has 2 rings (SSSR count). The van der Waals surface area contributed by atoms with Crippen LogP contribution in [-0.2, 0) is 10.3 Å². The lowest BCUT2D eigenvalue weighted by Gasteiger charge is -2.29. The van der Waals surface area contributed by atoms with Crippen LogP contribution in [0.2, 0.25) is 0 Å². The second kappa shape index (κ2) is 5.83. The van der Waals surface area contributed by atoms with E-state index in [9.17, 15) is 14.7 Å². The summed E-state index contributed by atoms with van der Waals surface area (Å²) in [6.07, 6.45) is 1.62. The Hall–Kier alpha value is -2.56. The molecule has 1 aromatic heterocycles. The van der Waals surface area contributed by atoms with Crippen molar-refractivity contribution in [1.82, 2.24) is 5.32 Å². The summed E-state index contributed by atoms with van der Waals surface area (Å²) in [7, 11) is 0. The van der Waals surface area contributed by atoms with Crippen LogP contribution in [0.5, 0.6) is 0 Å². The van der Waals surface area contributed by atoms with Crippen LogP contribution in [-0.4, -0.2) is 17.0 Å². The maximum absolute atomic E-state index is 12.3. The first-order chi connectivity index (χ1) is 10.0. The maximum Gasteiger partial charge on any atom is 0.334 e. The van der Waals surface area contributed by atoms with Crippen molar-refractivity contribution in [3.63, 3.8) is 0 Å². The second-order valence-corrected chi connectivity index (χ2v) is 4.82. The number of hydrogen-bond acceptors (Lipinski definition) is 3. The van der Waals surface area contributed by atoms with E-state index in [2.05, 4.69) is 5.32 Å². The standard InChI is InChI=1S/C16H17NO4/c1-3-16(15(19)20,12-7-5-4-6-8-12)17-14(18)13-11(2)9-10-21-13/h4-10H,3H2,1-2H3,(H,17,18)(H,19,20)/t16-/m0/s1. The Kier molecular flexibility index (Phi) is 4.12. The Morgan fingerprint density at radius 3 is 2.38 bits per heavy atom. The van der Waals surface area contributed by atoms with Gasteiger partial charge in [-0.15, -0.1) is 0 Å². The van der Waals surface area contributed by atoms with E-state index in [4.69, 9.17) is 4.42 Å². The van der Waals surface area contributed by atoms with E-state index in [1.165, 1.54) is 6.26 Å². The lowest BCUT2D eigenvalue weighted by Crippen LogP contribution is -2.51. The van der Waals surface area contributed by atoms with Gasteiger partial charge in [-0.05, 0) is 25.0 Å². The third kappa shape index (κ3) is 2.67. The van der Waals surface area contributed by atoms with Gasteiger partial charge in [-0.25, -0.2) is 4.79 Å². The first kappa shape index (κ1) is 14.8. The molecule has 0 radical (unpaired) electrons. The molecule has 0 saturated heterocycles. The summed E-state index contributed by atoms with van der Waals surface area (Å²) in [5.41, 5.74) is -0.286. The fourth-order valence-corrected chi connectivity index (χ4v) is 2.27. The lowest BCUT2D eigenvalue weighted by atomic mass is 9.87. The molecule has 0 bridgehead atoms. The first-order valence-corrected chi connectivity index (χ1v) is 6.67. The number of aryl methyl sites for hydroxylation is 1. The minimum absolute atomic E-state index is 0.130. The highest BCUT2D eigenvalue weighted by Gasteiger charge is 2.41. The Morgan fingerprint density at radius 2 is 1.90 bits per heavy atom. The van der Waals surface area contributed by atoms with E-state index in [-0.39, 0.29) is 12.2 Å². The van der Waals surface area contributed by atoms with Crippen molar-refractivity contribution in [1.29, 1.82) is 0 Å². The third-order valence-electron chi connectivity index (χ3n) is 3.56. The van der Waals surface area contributed by atoms with E-state index in [0.717, 1.165) is 0 Å². The molecule has 1 aromatic carbocycles. The average molecular weight is 287 g/mol. The summed E-state index contributed by atoms with van der Waals surface area (Å²) in [4.78, 5) is 24.1. The molecule has 0 fully saturated rings. The molecule has 1 heterocycles. The van der Waals surface area contributed by atoms with Gasteiger partial charge in [0, 0.05) is 5.56 Å². The Morgan fingerprint density at radius 1 is 1.24 bits per heavy atom. The number of hydrogen-bond donors (Lipinski definition) is 2. The summed E-state index contributed by atoms with van der Waals surface area (Å²) in [6.45, 7) is 3.45. The molecule has 5 heteroatoms. The highest BCUT2D eigenvalue weighted by molar-refractivity contribution is 5.97. The number of rotatable bonds is 5. The zero-order valence-corrected chi connectivity index (χ0v) is 11.9.